The number of nitrogens with one attached hydrogen (secondary N) is 1. The predicted octanol–water partition coefficient (Wildman–Crippen LogP) is 1.08. The zero-order valence-corrected chi connectivity index (χ0v) is 12.0. The summed E-state index contributed by atoms with van der Waals surface area (Å²) in [6.45, 7) is 0. The molecule has 0 heterocycles. The van der Waals surface area contributed by atoms with Crippen molar-refractivity contribution in [1.29, 1.82) is 0 Å². The van der Waals surface area contributed by atoms with Gasteiger partial charge in [0.1, 0.15) is 16.8 Å². The second-order valence-electron chi connectivity index (χ2n) is 4.02. The summed E-state index contributed by atoms with van der Waals surface area (Å²) >= 11 is 5.60. The first-order valence-corrected chi connectivity index (χ1v) is 7.41. The second-order valence-corrected chi connectivity index (χ2v) is 6.11. The molecule has 3 N–H and O–H groups in total. The van der Waals surface area contributed by atoms with Crippen LogP contribution in [0.25, 0.3) is 0 Å². The highest BCUT2D eigenvalue weighted by atomic mass is 35.5. The lowest BCUT2D eigenvalue weighted by atomic mass is 10.2. The average molecular weight is 340 g/mol. The summed E-state index contributed by atoms with van der Waals surface area (Å²) < 4.78 is 38.7. The first kappa shape index (κ1) is 17.3. The van der Waals surface area contributed by atoms with Crippen molar-refractivity contribution in [3.63, 3.8) is 0 Å². The molecule has 21 heavy (non-hydrogen) atoms. The van der Waals surface area contributed by atoms with Crippen molar-refractivity contribution in [2.45, 2.75) is 23.8 Å². The van der Waals surface area contributed by atoms with Crippen molar-refractivity contribution in [2.75, 3.05) is 0 Å². The molecule has 0 spiro atoms. The van der Waals surface area contributed by atoms with Gasteiger partial charge in [-0.3, -0.25) is 9.59 Å². The number of carboxylic acids is 2. The summed E-state index contributed by atoms with van der Waals surface area (Å²) in [4.78, 5) is 20.9. The summed E-state index contributed by atoms with van der Waals surface area (Å²) in [5.41, 5.74) is 0. The molecule has 0 aromatic heterocycles. The fourth-order valence-corrected chi connectivity index (χ4v) is 3.20. The zero-order valence-electron chi connectivity index (χ0n) is 10.4. The number of halogens is 2. The maximum atomic E-state index is 12.9. The van der Waals surface area contributed by atoms with E-state index in [-0.39, 0.29) is 0 Å². The first-order chi connectivity index (χ1) is 9.63. The van der Waals surface area contributed by atoms with E-state index >= 15 is 0 Å². The highest BCUT2D eigenvalue weighted by molar-refractivity contribution is 7.89. The number of carbonyl (C=O) groups is 2. The number of hydrogen-bond donors (Lipinski definition) is 3. The Bertz CT molecular complexity index is 663. The molecule has 1 aromatic carbocycles. The monoisotopic (exact) mass is 339 g/mol. The quantitative estimate of drug-likeness (QED) is 0.683. The van der Waals surface area contributed by atoms with Crippen LogP contribution in [0.15, 0.2) is 23.1 Å². The van der Waals surface area contributed by atoms with Crippen LogP contribution in [0.3, 0.4) is 0 Å². The Hall–Kier alpha value is -1.71. The molecule has 1 rings (SSSR count). The lowest BCUT2D eigenvalue weighted by Gasteiger charge is -2.14. The van der Waals surface area contributed by atoms with Crippen molar-refractivity contribution < 1.29 is 32.6 Å². The van der Waals surface area contributed by atoms with E-state index < -0.39 is 56.6 Å². The van der Waals surface area contributed by atoms with E-state index in [1.807, 2.05) is 4.72 Å². The van der Waals surface area contributed by atoms with Gasteiger partial charge in [0.15, 0.2) is 0 Å². The van der Waals surface area contributed by atoms with E-state index in [1.54, 1.807) is 0 Å². The molecule has 0 amide bonds. The molecule has 1 aromatic rings. The summed E-state index contributed by atoms with van der Waals surface area (Å²) in [7, 11) is -4.32. The Kier molecular flexibility index (Phi) is 5.64. The standard InChI is InChI=1S/C11H11ClFNO6S/c12-7-5-6(13)1-3-9(7)21(19,20)14-8(11(17)18)2-4-10(15)16/h1,3,5,8,14H,2,4H2,(H,15,16)(H,17,18)/t8-/m0/s1. The summed E-state index contributed by atoms with van der Waals surface area (Å²) in [6.07, 6.45) is -0.973. The van der Waals surface area contributed by atoms with Gasteiger partial charge in [0, 0.05) is 6.42 Å². The molecule has 0 bridgehead atoms. The molecule has 1 atom stereocenters. The van der Waals surface area contributed by atoms with Gasteiger partial charge in [-0.2, -0.15) is 4.72 Å². The molecule has 0 saturated heterocycles. The van der Waals surface area contributed by atoms with Crippen molar-refractivity contribution in [3.8, 4) is 0 Å². The van der Waals surface area contributed by atoms with Crippen molar-refractivity contribution in [3.05, 3.63) is 29.0 Å². The Balaban J connectivity index is 3.00. The molecule has 0 fully saturated rings. The van der Waals surface area contributed by atoms with Gasteiger partial charge in [0.2, 0.25) is 10.0 Å². The maximum Gasteiger partial charge on any atom is 0.321 e. The third-order valence-electron chi connectivity index (χ3n) is 2.43. The molecule has 10 heteroatoms. The molecule has 0 aliphatic rings. The Morgan fingerprint density at radius 1 is 1.33 bits per heavy atom. The van der Waals surface area contributed by atoms with E-state index in [2.05, 4.69) is 0 Å². The van der Waals surface area contributed by atoms with Gasteiger partial charge in [0.25, 0.3) is 0 Å². The van der Waals surface area contributed by atoms with Crippen LogP contribution >= 0.6 is 11.6 Å². The topological polar surface area (TPSA) is 121 Å². The normalized spacial score (nSPS) is 12.9. The molecule has 0 unspecified atom stereocenters. The van der Waals surface area contributed by atoms with Crippen LogP contribution in [0.4, 0.5) is 4.39 Å². The fraction of sp³-hybridized carbons (Fsp3) is 0.273. The van der Waals surface area contributed by atoms with Gasteiger partial charge in [0.05, 0.1) is 5.02 Å². The number of hydrogen-bond acceptors (Lipinski definition) is 4. The number of sulfonamides is 1. The smallest absolute Gasteiger partial charge is 0.321 e. The highest BCUT2D eigenvalue weighted by Gasteiger charge is 2.27. The van der Waals surface area contributed by atoms with Crippen LogP contribution in [-0.2, 0) is 19.6 Å². The zero-order chi connectivity index (χ0) is 16.2. The van der Waals surface area contributed by atoms with Crippen molar-refractivity contribution >= 4 is 33.6 Å². The fourth-order valence-electron chi connectivity index (χ4n) is 1.44. The second kappa shape index (κ2) is 6.83. The van der Waals surface area contributed by atoms with Gasteiger partial charge in [-0.05, 0) is 24.6 Å². The predicted molar refractivity (Wildman–Crippen MR) is 70.0 cm³/mol. The van der Waals surface area contributed by atoms with E-state index in [0.717, 1.165) is 18.2 Å². The average Bonchev–Trinajstić information content (AvgIpc) is 2.33. The lowest BCUT2D eigenvalue weighted by molar-refractivity contribution is -0.140. The SMILES string of the molecule is O=C(O)CC[C@H](NS(=O)(=O)c1ccc(F)cc1Cl)C(=O)O. The van der Waals surface area contributed by atoms with Crippen LogP contribution < -0.4 is 4.72 Å². The summed E-state index contributed by atoms with van der Waals surface area (Å²) in [5, 5.41) is 17.0. The molecule has 116 valence electrons. The minimum atomic E-state index is -4.32. The van der Waals surface area contributed by atoms with E-state index in [4.69, 9.17) is 21.8 Å². The number of benzene rings is 1. The third kappa shape index (κ3) is 4.96. The van der Waals surface area contributed by atoms with Gasteiger partial charge in [-0.25, -0.2) is 12.8 Å². The van der Waals surface area contributed by atoms with Gasteiger partial charge >= 0.3 is 11.9 Å². The number of aliphatic carboxylic acids is 2. The van der Waals surface area contributed by atoms with E-state index in [0.29, 0.717) is 0 Å². The Labute approximate surface area is 124 Å². The van der Waals surface area contributed by atoms with Crippen LogP contribution in [0, 0.1) is 5.82 Å². The first-order valence-electron chi connectivity index (χ1n) is 5.55. The number of carboxylic acid groups (broad SMARTS) is 2. The highest BCUT2D eigenvalue weighted by Crippen LogP contribution is 2.22. The summed E-state index contributed by atoms with van der Waals surface area (Å²) in [5.74, 6) is -3.54. The molecule has 7 nitrogen and oxygen atoms in total. The van der Waals surface area contributed by atoms with Crippen LogP contribution in [0.2, 0.25) is 5.02 Å². The maximum absolute atomic E-state index is 12.9. The van der Waals surface area contributed by atoms with Gasteiger partial charge < -0.3 is 10.2 Å². The van der Waals surface area contributed by atoms with Crippen LogP contribution in [-0.4, -0.2) is 36.6 Å². The molecular formula is C11H11ClFNO6S. The number of rotatable bonds is 7. The Morgan fingerprint density at radius 2 is 1.95 bits per heavy atom. The third-order valence-corrected chi connectivity index (χ3v) is 4.38. The Morgan fingerprint density at radius 3 is 2.43 bits per heavy atom. The largest absolute Gasteiger partial charge is 0.481 e. The van der Waals surface area contributed by atoms with Gasteiger partial charge in [-0.1, -0.05) is 11.6 Å². The van der Waals surface area contributed by atoms with Crippen LogP contribution in [0.1, 0.15) is 12.8 Å². The minimum absolute atomic E-state index is 0.412. The minimum Gasteiger partial charge on any atom is -0.481 e. The molecule has 0 radical (unpaired) electrons. The van der Waals surface area contributed by atoms with E-state index in [1.165, 1.54) is 0 Å². The van der Waals surface area contributed by atoms with Crippen molar-refractivity contribution in [1.82, 2.24) is 4.72 Å². The molecular weight excluding hydrogens is 329 g/mol. The molecule has 0 saturated carbocycles. The lowest BCUT2D eigenvalue weighted by Crippen LogP contribution is -2.41. The van der Waals surface area contributed by atoms with Gasteiger partial charge in [-0.15, -0.1) is 0 Å². The van der Waals surface area contributed by atoms with Crippen LogP contribution in [0.5, 0.6) is 0 Å². The molecule has 0 aliphatic heterocycles. The van der Waals surface area contributed by atoms with Crippen molar-refractivity contribution in [2.24, 2.45) is 0 Å². The molecule has 0 aliphatic carbocycles. The van der Waals surface area contributed by atoms with E-state index in [9.17, 15) is 22.4 Å². The summed E-state index contributed by atoms with van der Waals surface area (Å²) in [6, 6.07) is 0.874.